The van der Waals surface area contributed by atoms with Crippen LogP contribution in [0.1, 0.15) is 169 Å². The van der Waals surface area contributed by atoms with Crippen molar-refractivity contribution in [1.82, 2.24) is 60.0 Å². The second-order valence-electron chi connectivity index (χ2n) is 29.0. The van der Waals surface area contributed by atoms with Gasteiger partial charge in [-0.15, -0.1) is 0 Å². The number of aliphatic hydroxyl groups is 1. The van der Waals surface area contributed by atoms with Crippen molar-refractivity contribution in [3.8, 4) is 0 Å². The second-order valence-corrected chi connectivity index (χ2v) is 29.0. The van der Waals surface area contributed by atoms with Crippen molar-refractivity contribution >= 4 is 65.0 Å². The predicted molar refractivity (Wildman–Crippen MR) is 367 cm³/mol. The van der Waals surface area contributed by atoms with E-state index in [0.717, 1.165) is 35.7 Å². The molecule has 2 aliphatic heterocycles. The van der Waals surface area contributed by atoms with Gasteiger partial charge in [-0.1, -0.05) is 121 Å². The summed E-state index contributed by atoms with van der Waals surface area (Å²) in [5.74, 6) is -9.58. The van der Waals surface area contributed by atoms with Crippen LogP contribution in [0.4, 0.5) is 0 Å². The molecule has 0 aromatic heterocycles. The fraction of sp³-hybridized carbons (Fsp3) is 0.786. The van der Waals surface area contributed by atoms with Crippen LogP contribution < -0.4 is 16.0 Å². The Balaban J connectivity index is 3.08. The van der Waals surface area contributed by atoms with Crippen LogP contribution in [-0.2, 0) is 52.7 Å². The van der Waals surface area contributed by atoms with Gasteiger partial charge in [0.1, 0.15) is 60.4 Å². The molecule has 2 aliphatic rings. The highest BCUT2D eigenvalue weighted by Gasteiger charge is 2.46. The Kier molecular flexibility index (Phi) is 34.7. The number of nitrogens with one attached hydrogen (secondary N) is 3. The summed E-state index contributed by atoms with van der Waals surface area (Å²) in [4.78, 5) is 177. The van der Waals surface area contributed by atoms with Crippen LogP contribution in [0.25, 0.3) is 0 Å². The average Bonchev–Trinajstić information content (AvgIpc) is 0.832. The molecule has 0 aromatic rings. The number of likely N-dealkylation sites (N-methyl/N-ethyl adjacent to an activating group) is 7. The standard InChI is InChI=1S/C70H124N12O12/c1-25-27-32-48(15)60(84)59-63(87)73-51(26-2)65(89)74(18)41-56(83)75(19)55(40-45(9)10)68(92)82(36-31-30-35-81-33-28-29-34-81)58(47(13)14)70(94)76(20)52(37-42(3)4)62(86)71-49(16)61(85)72-50(17)64(88)77(21)53(38-43(5)6)66(90)78(22)54(39-44(7)8)67(91)79(23)57(46(11)12)69(93)80(59)24/h25,27,30-31,42-55,57-60,84H,26,28-29,32-41H2,1-24H3,(H,71,86)(H,72,85)(H,73,87)/b27-25+,31-30+/t48-,49+,50-,51+,52+,53+,54+,55+,57+,58+,59+,60-/m1/s1. The van der Waals surface area contributed by atoms with Crippen LogP contribution in [0.2, 0.25) is 0 Å². The molecule has 2 rings (SSSR count). The third kappa shape index (κ3) is 23.4. The fourth-order valence-electron chi connectivity index (χ4n) is 12.6. The van der Waals surface area contributed by atoms with Gasteiger partial charge in [0.05, 0.1) is 12.6 Å². The number of amides is 11. The maximum absolute atomic E-state index is 15.6. The fourth-order valence-corrected chi connectivity index (χ4v) is 12.6. The van der Waals surface area contributed by atoms with E-state index in [-0.39, 0.29) is 62.3 Å². The molecule has 0 aliphatic carbocycles. The molecule has 0 unspecified atom stereocenters. The number of rotatable bonds is 19. The monoisotopic (exact) mass is 1320 g/mol. The third-order valence-electron chi connectivity index (χ3n) is 18.4. The van der Waals surface area contributed by atoms with E-state index < -0.39 is 156 Å². The van der Waals surface area contributed by atoms with Gasteiger partial charge in [-0.2, -0.15) is 0 Å². The van der Waals surface area contributed by atoms with Crippen LogP contribution in [-0.4, -0.2) is 263 Å². The van der Waals surface area contributed by atoms with E-state index in [9.17, 15) is 33.9 Å². The number of aliphatic hydroxyl groups excluding tert-OH is 1. The zero-order valence-corrected chi connectivity index (χ0v) is 61.9. The zero-order valence-electron chi connectivity index (χ0n) is 61.9. The van der Waals surface area contributed by atoms with Crippen molar-refractivity contribution in [2.75, 3.05) is 82.1 Å². The second kappa shape index (κ2) is 39.0. The van der Waals surface area contributed by atoms with E-state index in [0.29, 0.717) is 13.0 Å². The lowest BCUT2D eigenvalue weighted by Crippen LogP contribution is -2.63. The molecule has 12 atom stereocenters. The quantitative estimate of drug-likeness (QED) is 0.129. The molecule has 94 heavy (non-hydrogen) atoms. The summed E-state index contributed by atoms with van der Waals surface area (Å²) in [5, 5.41) is 20.5. The molecule has 0 aromatic carbocycles. The predicted octanol–water partition coefficient (Wildman–Crippen LogP) is 4.63. The van der Waals surface area contributed by atoms with Gasteiger partial charge in [-0.05, 0) is 127 Å². The number of allylic oxidation sites excluding steroid dienone is 2. The number of carbonyl (C=O) groups is 11. The molecule has 2 fully saturated rings. The molecular formula is C70H124N12O12. The Bertz CT molecular complexity index is 2600. The van der Waals surface area contributed by atoms with Gasteiger partial charge in [0.2, 0.25) is 65.0 Å². The van der Waals surface area contributed by atoms with Crippen molar-refractivity contribution in [3.05, 3.63) is 24.3 Å². The average molecular weight is 1330 g/mol. The maximum Gasteiger partial charge on any atom is 0.246 e. The van der Waals surface area contributed by atoms with E-state index in [2.05, 4.69) is 20.9 Å². The van der Waals surface area contributed by atoms with Gasteiger partial charge < -0.3 is 60.3 Å². The maximum atomic E-state index is 15.6. The first kappa shape index (κ1) is 83.7. The van der Waals surface area contributed by atoms with Crippen molar-refractivity contribution in [3.63, 3.8) is 0 Å². The Morgan fingerprint density at radius 3 is 1.36 bits per heavy atom. The van der Waals surface area contributed by atoms with E-state index >= 15 is 24.0 Å². The first-order chi connectivity index (χ1) is 43.7. The van der Waals surface area contributed by atoms with Crippen molar-refractivity contribution in [1.29, 1.82) is 0 Å². The smallest absolute Gasteiger partial charge is 0.246 e. The summed E-state index contributed by atoms with van der Waals surface area (Å²) in [6.45, 7) is 32.1. The summed E-state index contributed by atoms with van der Waals surface area (Å²) < 4.78 is 0. The van der Waals surface area contributed by atoms with Gasteiger partial charge in [-0.25, -0.2) is 0 Å². The SMILES string of the molecule is C/C=C/C[C@@H](C)[C@@H](O)[C@H]1C(=O)N[C@@H](CC)C(=O)N(C)CC(=O)N(C)[C@@H](CC(C)C)C(=O)N(C/C=C/CN2CCCC2)[C@@H](C(C)C)C(=O)N(C)[C@@H](CC(C)C)C(=O)N[C@@H](C)C(=O)N[C@H](C)C(=O)N(C)[C@@H](CC(C)C)C(=O)N(C)[C@@H](CC(C)C)C(=O)N(C)[C@@H](C(C)C)C(=O)N1C. The first-order valence-corrected chi connectivity index (χ1v) is 34.4. The molecule has 4 N–H and O–H groups in total. The summed E-state index contributed by atoms with van der Waals surface area (Å²) >= 11 is 0. The molecule has 0 spiro atoms. The van der Waals surface area contributed by atoms with Gasteiger partial charge in [0.25, 0.3) is 0 Å². The largest absolute Gasteiger partial charge is 0.390 e. The number of carbonyl (C=O) groups excluding carboxylic acids is 11. The van der Waals surface area contributed by atoms with Gasteiger partial charge >= 0.3 is 0 Å². The van der Waals surface area contributed by atoms with Crippen molar-refractivity contribution in [2.24, 2.45) is 41.4 Å². The number of nitrogens with zero attached hydrogens (tertiary/aromatic N) is 9. The van der Waals surface area contributed by atoms with E-state index in [4.69, 9.17) is 0 Å². The van der Waals surface area contributed by atoms with Gasteiger partial charge in [-0.3, -0.25) is 57.6 Å². The van der Waals surface area contributed by atoms with Crippen molar-refractivity contribution < 1.29 is 57.8 Å². The molecule has 0 saturated carbocycles. The van der Waals surface area contributed by atoms with E-state index in [1.54, 1.807) is 47.6 Å². The van der Waals surface area contributed by atoms with E-state index in [1.165, 1.54) is 92.6 Å². The number of hydrogen-bond acceptors (Lipinski definition) is 13. The van der Waals surface area contributed by atoms with Crippen LogP contribution in [0.3, 0.4) is 0 Å². The molecular weight excluding hydrogens is 1200 g/mol. The Labute approximate surface area is 564 Å². The summed E-state index contributed by atoms with van der Waals surface area (Å²) in [6.07, 6.45) is 8.96. The summed E-state index contributed by atoms with van der Waals surface area (Å²) in [7, 11) is 10.1. The zero-order chi connectivity index (χ0) is 72.1. The minimum Gasteiger partial charge on any atom is -0.390 e. The number of likely N-dealkylation sites (tertiary alicyclic amines) is 1. The first-order valence-electron chi connectivity index (χ1n) is 34.4. The Hall–Kier alpha value is -6.43. The van der Waals surface area contributed by atoms with E-state index in [1.807, 2.05) is 80.5 Å². The van der Waals surface area contributed by atoms with Crippen LogP contribution in [0, 0.1) is 41.4 Å². The lowest BCUT2D eigenvalue weighted by atomic mass is 9.91. The third-order valence-corrected chi connectivity index (χ3v) is 18.4. The molecule has 2 heterocycles. The normalized spacial score (nSPS) is 26.7. The highest BCUT2D eigenvalue weighted by atomic mass is 16.3. The molecule has 2 saturated heterocycles. The highest BCUT2D eigenvalue weighted by molar-refractivity contribution is 5.99. The lowest BCUT2D eigenvalue weighted by molar-refractivity contribution is -0.157. The van der Waals surface area contributed by atoms with Gasteiger partial charge in [0.15, 0.2) is 0 Å². The minimum absolute atomic E-state index is 0.0192. The summed E-state index contributed by atoms with van der Waals surface area (Å²) in [6, 6.07) is -12.4. The topological polar surface area (TPSA) is 273 Å². The van der Waals surface area contributed by atoms with Crippen molar-refractivity contribution in [2.45, 2.75) is 236 Å². The Morgan fingerprint density at radius 1 is 0.457 bits per heavy atom. The number of hydrogen-bond donors (Lipinski definition) is 4. The minimum atomic E-state index is -1.62. The molecule has 0 bridgehead atoms. The molecule has 24 heteroatoms. The van der Waals surface area contributed by atoms with Gasteiger partial charge in [0, 0.05) is 62.4 Å². The Morgan fingerprint density at radius 2 is 0.883 bits per heavy atom. The van der Waals surface area contributed by atoms with Crippen LogP contribution in [0.5, 0.6) is 0 Å². The lowest BCUT2D eigenvalue weighted by Gasteiger charge is -2.41. The molecule has 536 valence electrons. The summed E-state index contributed by atoms with van der Waals surface area (Å²) in [5.41, 5.74) is 0. The molecule has 0 radical (unpaired) electrons. The van der Waals surface area contributed by atoms with Crippen LogP contribution in [0.15, 0.2) is 24.3 Å². The molecule has 11 amide bonds. The molecule has 24 nitrogen and oxygen atoms in total. The van der Waals surface area contributed by atoms with Crippen LogP contribution >= 0.6 is 0 Å². The highest BCUT2D eigenvalue weighted by Crippen LogP contribution is 2.27.